The molecule has 2 atom stereocenters. The third kappa shape index (κ3) is 6.46. The minimum absolute atomic E-state index is 0.157. The summed E-state index contributed by atoms with van der Waals surface area (Å²) in [6.45, 7) is 8.50. The second kappa shape index (κ2) is 11.2. The smallest absolute Gasteiger partial charge is 0.191 e. The highest BCUT2D eigenvalue weighted by Gasteiger charge is 2.27. The molecule has 1 aromatic heterocycles. The van der Waals surface area contributed by atoms with Crippen LogP contribution in [0.4, 0.5) is 0 Å². The SMILES string of the molecule is CCNC(=NCC(C)(O)c1ccco1)NCC(c1ccc(OC)cc1)N1CCOCC1. The summed E-state index contributed by atoms with van der Waals surface area (Å²) in [5, 5.41) is 17.4. The first-order valence-corrected chi connectivity index (χ1v) is 10.8. The summed E-state index contributed by atoms with van der Waals surface area (Å²) in [4.78, 5) is 7.02. The van der Waals surface area contributed by atoms with E-state index in [1.807, 2.05) is 19.1 Å². The van der Waals surface area contributed by atoms with Crippen molar-refractivity contribution in [3.63, 3.8) is 0 Å². The van der Waals surface area contributed by atoms with Gasteiger partial charge in [-0.05, 0) is 43.7 Å². The number of aliphatic imine (C=N–C) groups is 1. The zero-order valence-corrected chi connectivity index (χ0v) is 18.6. The third-order valence-electron chi connectivity index (χ3n) is 5.39. The Kier molecular flexibility index (Phi) is 8.34. The van der Waals surface area contributed by atoms with Crippen LogP contribution in [0.15, 0.2) is 52.1 Å². The molecule has 1 saturated heterocycles. The van der Waals surface area contributed by atoms with E-state index < -0.39 is 5.60 Å². The van der Waals surface area contributed by atoms with Gasteiger partial charge >= 0.3 is 0 Å². The molecule has 170 valence electrons. The highest BCUT2D eigenvalue weighted by Crippen LogP contribution is 2.24. The lowest BCUT2D eigenvalue weighted by Crippen LogP contribution is -2.46. The lowest BCUT2D eigenvalue weighted by atomic mass is 10.0. The molecule has 0 amide bonds. The summed E-state index contributed by atoms with van der Waals surface area (Å²) in [5.74, 6) is 1.99. The Morgan fingerprint density at radius 1 is 1.23 bits per heavy atom. The first kappa shape index (κ1) is 23.1. The fraction of sp³-hybridized carbons (Fsp3) is 0.522. The van der Waals surface area contributed by atoms with Gasteiger partial charge in [-0.3, -0.25) is 4.90 Å². The van der Waals surface area contributed by atoms with Gasteiger partial charge in [0.1, 0.15) is 17.1 Å². The van der Waals surface area contributed by atoms with E-state index in [0.717, 1.165) is 38.6 Å². The minimum Gasteiger partial charge on any atom is -0.497 e. The highest BCUT2D eigenvalue weighted by atomic mass is 16.5. The molecular weight excluding hydrogens is 396 g/mol. The number of benzene rings is 1. The number of ether oxygens (including phenoxy) is 2. The van der Waals surface area contributed by atoms with Crippen LogP contribution in [0.3, 0.4) is 0 Å². The van der Waals surface area contributed by atoms with Crippen molar-refractivity contribution in [1.29, 1.82) is 0 Å². The maximum Gasteiger partial charge on any atom is 0.191 e. The van der Waals surface area contributed by atoms with E-state index in [0.29, 0.717) is 18.3 Å². The fourth-order valence-corrected chi connectivity index (χ4v) is 3.60. The first-order valence-electron chi connectivity index (χ1n) is 10.8. The van der Waals surface area contributed by atoms with E-state index in [9.17, 15) is 5.11 Å². The van der Waals surface area contributed by atoms with Crippen LogP contribution in [0.1, 0.15) is 31.2 Å². The molecule has 2 unspecified atom stereocenters. The van der Waals surface area contributed by atoms with Crippen LogP contribution in [0.2, 0.25) is 0 Å². The maximum atomic E-state index is 10.7. The molecule has 0 bridgehead atoms. The van der Waals surface area contributed by atoms with Crippen molar-refractivity contribution in [2.45, 2.75) is 25.5 Å². The quantitative estimate of drug-likeness (QED) is 0.415. The summed E-state index contributed by atoms with van der Waals surface area (Å²) in [5.41, 5.74) is 0.0273. The topological polar surface area (TPSA) is 91.5 Å². The Bertz CT molecular complexity index is 799. The lowest BCUT2D eigenvalue weighted by Gasteiger charge is -2.35. The number of nitrogens with one attached hydrogen (secondary N) is 2. The second-order valence-corrected chi connectivity index (χ2v) is 7.76. The van der Waals surface area contributed by atoms with Gasteiger partial charge in [0.2, 0.25) is 0 Å². The molecule has 1 aliphatic heterocycles. The molecule has 8 heteroatoms. The number of hydrogen-bond donors (Lipinski definition) is 3. The summed E-state index contributed by atoms with van der Waals surface area (Å²) in [6, 6.07) is 11.9. The molecule has 3 rings (SSSR count). The maximum absolute atomic E-state index is 10.7. The van der Waals surface area contributed by atoms with Gasteiger partial charge in [-0.25, -0.2) is 4.99 Å². The fourth-order valence-electron chi connectivity index (χ4n) is 3.60. The van der Waals surface area contributed by atoms with Crippen LogP contribution < -0.4 is 15.4 Å². The molecule has 8 nitrogen and oxygen atoms in total. The molecule has 1 aliphatic rings. The van der Waals surface area contributed by atoms with E-state index in [2.05, 4.69) is 32.7 Å². The summed E-state index contributed by atoms with van der Waals surface area (Å²) < 4.78 is 16.2. The van der Waals surface area contributed by atoms with Crippen molar-refractivity contribution in [1.82, 2.24) is 15.5 Å². The lowest BCUT2D eigenvalue weighted by molar-refractivity contribution is 0.0169. The summed E-state index contributed by atoms with van der Waals surface area (Å²) in [6.07, 6.45) is 1.55. The Morgan fingerprint density at radius 3 is 2.58 bits per heavy atom. The van der Waals surface area contributed by atoms with Gasteiger partial charge in [0.05, 0.1) is 39.2 Å². The number of aliphatic hydroxyl groups is 1. The van der Waals surface area contributed by atoms with Gasteiger partial charge in [-0.2, -0.15) is 0 Å². The van der Waals surface area contributed by atoms with Gasteiger partial charge in [-0.1, -0.05) is 12.1 Å². The van der Waals surface area contributed by atoms with Crippen molar-refractivity contribution >= 4 is 5.96 Å². The molecule has 1 fully saturated rings. The number of nitrogens with zero attached hydrogens (tertiary/aromatic N) is 2. The minimum atomic E-state index is -1.18. The largest absolute Gasteiger partial charge is 0.497 e. The Balaban J connectivity index is 1.71. The predicted octanol–water partition coefficient (Wildman–Crippen LogP) is 2.12. The molecule has 1 aromatic carbocycles. The van der Waals surface area contributed by atoms with Crippen LogP contribution in [-0.2, 0) is 10.3 Å². The summed E-state index contributed by atoms with van der Waals surface area (Å²) in [7, 11) is 1.67. The van der Waals surface area contributed by atoms with Crippen LogP contribution >= 0.6 is 0 Å². The predicted molar refractivity (Wildman–Crippen MR) is 120 cm³/mol. The van der Waals surface area contributed by atoms with Crippen molar-refractivity contribution in [2.75, 3.05) is 53.0 Å². The average Bonchev–Trinajstić information content (AvgIpc) is 3.35. The zero-order chi connectivity index (χ0) is 22.1. The van der Waals surface area contributed by atoms with E-state index in [1.165, 1.54) is 5.56 Å². The molecule has 31 heavy (non-hydrogen) atoms. The van der Waals surface area contributed by atoms with Gasteiger partial charge in [0, 0.05) is 26.2 Å². The van der Waals surface area contributed by atoms with Crippen molar-refractivity contribution in [3.05, 3.63) is 54.0 Å². The molecule has 2 aromatic rings. The number of methoxy groups -OCH3 is 1. The van der Waals surface area contributed by atoms with Gasteiger partial charge in [0.15, 0.2) is 5.96 Å². The van der Waals surface area contributed by atoms with Gasteiger partial charge in [0.25, 0.3) is 0 Å². The van der Waals surface area contributed by atoms with Crippen LogP contribution in [0.5, 0.6) is 5.75 Å². The van der Waals surface area contributed by atoms with E-state index in [4.69, 9.17) is 13.9 Å². The van der Waals surface area contributed by atoms with E-state index in [-0.39, 0.29) is 12.6 Å². The molecule has 0 saturated carbocycles. The highest BCUT2D eigenvalue weighted by molar-refractivity contribution is 5.79. The molecule has 0 radical (unpaired) electrons. The van der Waals surface area contributed by atoms with E-state index in [1.54, 1.807) is 32.4 Å². The van der Waals surface area contributed by atoms with Crippen molar-refractivity contribution in [3.8, 4) is 5.75 Å². The van der Waals surface area contributed by atoms with Crippen molar-refractivity contribution < 1.29 is 19.0 Å². The number of rotatable bonds is 9. The van der Waals surface area contributed by atoms with Gasteiger partial charge in [-0.15, -0.1) is 0 Å². The standard InChI is InChI=1S/C23H34N4O4/c1-4-24-22(26-17-23(2,28)21-6-5-13-31-21)25-16-20(27-11-14-30-15-12-27)18-7-9-19(29-3)10-8-18/h5-10,13,20,28H,4,11-12,14-17H2,1-3H3,(H2,24,25,26). The Hall–Kier alpha value is -2.55. The summed E-state index contributed by atoms with van der Waals surface area (Å²) >= 11 is 0. The average molecular weight is 431 g/mol. The number of morpholine rings is 1. The van der Waals surface area contributed by atoms with Crippen LogP contribution in [-0.4, -0.2) is 69.0 Å². The zero-order valence-electron chi connectivity index (χ0n) is 18.6. The second-order valence-electron chi connectivity index (χ2n) is 7.76. The normalized spacial score (nSPS) is 18.3. The number of furan rings is 1. The third-order valence-corrected chi connectivity index (χ3v) is 5.39. The van der Waals surface area contributed by atoms with Crippen molar-refractivity contribution in [2.24, 2.45) is 4.99 Å². The number of hydrogen-bond acceptors (Lipinski definition) is 6. The molecule has 2 heterocycles. The van der Waals surface area contributed by atoms with Crippen LogP contribution in [0.25, 0.3) is 0 Å². The first-order chi connectivity index (χ1) is 15.0. The van der Waals surface area contributed by atoms with Crippen LogP contribution in [0, 0.1) is 0 Å². The Morgan fingerprint density at radius 2 is 1.97 bits per heavy atom. The molecular formula is C23H34N4O4. The molecule has 3 N–H and O–H groups in total. The van der Waals surface area contributed by atoms with E-state index >= 15 is 0 Å². The monoisotopic (exact) mass is 430 g/mol. The number of guanidine groups is 1. The molecule has 0 spiro atoms. The molecule has 0 aliphatic carbocycles. The Labute approximate surface area is 184 Å². The van der Waals surface area contributed by atoms with Gasteiger partial charge < -0.3 is 29.6 Å².